The van der Waals surface area contributed by atoms with E-state index in [-0.39, 0.29) is 52.5 Å². The molecule has 60 heavy (non-hydrogen) atoms. The van der Waals surface area contributed by atoms with Crippen molar-refractivity contribution in [2.75, 3.05) is 80.1 Å². The van der Waals surface area contributed by atoms with E-state index in [0.717, 1.165) is 67.8 Å². The normalized spacial score (nSPS) is 23.3. The summed E-state index contributed by atoms with van der Waals surface area (Å²) in [4.78, 5) is 78.5. The number of imide groups is 2. The summed E-state index contributed by atoms with van der Waals surface area (Å²) in [5.74, 6) is -3.88. The monoisotopic (exact) mass is 838 g/mol. The number of rotatable bonds is 7. The molecule has 5 saturated heterocycles. The maximum Gasteiger partial charge on any atom is 0.262 e. The SMILES string of the molecule is [C-]#[N+]c1ccc(N2CC3(CCN(c4ccc(C(=O)N5CCN(CC6CN(c7cc8c(cc7F)C(=O)N(C7CCC(=O)NC7=O)C8=O)C6)CC5)c(F)c4)CC3)C[C@@H]2C)cc1Cl. The van der Waals surface area contributed by atoms with Crippen molar-refractivity contribution in [3.63, 3.8) is 0 Å². The summed E-state index contributed by atoms with van der Waals surface area (Å²) >= 11 is 6.36. The molecule has 1 spiro atoms. The van der Waals surface area contributed by atoms with Crippen molar-refractivity contribution in [1.29, 1.82) is 0 Å². The van der Waals surface area contributed by atoms with Crippen LogP contribution in [0.25, 0.3) is 4.85 Å². The number of benzene rings is 3. The van der Waals surface area contributed by atoms with Gasteiger partial charge in [0, 0.05) is 100 Å². The Balaban J connectivity index is 0.744. The van der Waals surface area contributed by atoms with E-state index in [1.807, 2.05) is 23.1 Å². The molecule has 312 valence electrons. The zero-order valence-electron chi connectivity index (χ0n) is 33.3. The number of nitrogens with one attached hydrogen (secondary N) is 1. The Kier molecular flexibility index (Phi) is 10.3. The molecular formula is C44H45ClF2N8O5. The lowest BCUT2D eigenvalue weighted by Crippen LogP contribution is -2.55. The molecule has 1 N–H and O–H groups in total. The third kappa shape index (κ3) is 7.13. The van der Waals surface area contributed by atoms with Crippen molar-refractivity contribution >= 4 is 63.9 Å². The van der Waals surface area contributed by atoms with Crippen LogP contribution in [0.2, 0.25) is 5.02 Å². The highest BCUT2D eigenvalue weighted by molar-refractivity contribution is 6.33. The van der Waals surface area contributed by atoms with Gasteiger partial charge in [-0.1, -0.05) is 17.7 Å². The van der Waals surface area contributed by atoms with Gasteiger partial charge in [-0.2, -0.15) is 0 Å². The molecule has 9 rings (SSSR count). The Morgan fingerprint density at radius 1 is 0.883 bits per heavy atom. The molecule has 5 fully saturated rings. The maximum atomic E-state index is 15.6. The van der Waals surface area contributed by atoms with Crippen LogP contribution in [0.1, 0.15) is 70.1 Å². The molecule has 0 radical (unpaired) electrons. The molecule has 6 heterocycles. The minimum absolute atomic E-state index is 0.00124. The number of halogens is 3. The Bertz CT molecular complexity index is 2350. The zero-order chi connectivity index (χ0) is 42.0. The first-order chi connectivity index (χ1) is 28.8. The summed E-state index contributed by atoms with van der Waals surface area (Å²) in [7, 11) is 0. The van der Waals surface area contributed by atoms with Gasteiger partial charge in [-0.05, 0) is 80.5 Å². The standard InChI is InChI=1S/C44H45ClF2N8O5/c1-26-21-44(25-54(26)29-4-6-36(48-2)33(45)17-29)9-11-51(12-10-44)28-3-5-30(34(46)18-28)41(58)52-15-13-50(14-16-52)22-27-23-53(24-27)38-20-32-31(19-35(38)47)42(59)55(43(32)60)37-7-8-39(56)49-40(37)57/h3-6,17-20,26-27,37H,7-16,21-25H2,1H3,(H,49,56,57)/t26-,37?/m0/s1. The van der Waals surface area contributed by atoms with E-state index >= 15 is 8.78 Å². The Hall–Kier alpha value is -5.59. The molecule has 5 amide bonds. The minimum Gasteiger partial charge on any atom is -0.371 e. The average Bonchev–Trinajstić information content (AvgIpc) is 3.66. The smallest absolute Gasteiger partial charge is 0.262 e. The first kappa shape index (κ1) is 39.8. The Labute approximate surface area is 351 Å². The molecule has 1 unspecified atom stereocenters. The molecule has 3 aromatic carbocycles. The largest absolute Gasteiger partial charge is 0.371 e. The molecule has 16 heteroatoms. The fourth-order valence-corrected chi connectivity index (χ4v) is 10.4. The quantitative estimate of drug-likeness (QED) is 0.248. The summed E-state index contributed by atoms with van der Waals surface area (Å²) in [5.41, 5.74) is 2.63. The van der Waals surface area contributed by atoms with Gasteiger partial charge < -0.3 is 19.6 Å². The predicted molar refractivity (Wildman–Crippen MR) is 221 cm³/mol. The molecule has 0 aromatic heterocycles. The first-order valence-corrected chi connectivity index (χ1v) is 21.0. The Morgan fingerprint density at radius 2 is 1.58 bits per heavy atom. The van der Waals surface area contributed by atoms with Crippen LogP contribution < -0.4 is 20.0 Å². The van der Waals surface area contributed by atoms with Crippen molar-refractivity contribution in [2.45, 2.75) is 51.1 Å². The average molecular weight is 839 g/mol. The molecule has 6 aliphatic rings. The van der Waals surface area contributed by atoms with Gasteiger partial charge in [0.1, 0.15) is 17.7 Å². The minimum atomic E-state index is -1.12. The van der Waals surface area contributed by atoms with E-state index in [2.05, 4.69) is 31.8 Å². The van der Waals surface area contributed by atoms with Gasteiger partial charge >= 0.3 is 0 Å². The van der Waals surface area contributed by atoms with Gasteiger partial charge in [0.25, 0.3) is 17.7 Å². The second kappa shape index (κ2) is 15.5. The van der Waals surface area contributed by atoms with Crippen molar-refractivity contribution in [3.8, 4) is 0 Å². The highest BCUT2D eigenvalue weighted by atomic mass is 35.5. The van der Waals surface area contributed by atoms with Crippen molar-refractivity contribution in [2.24, 2.45) is 11.3 Å². The second-order valence-electron chi connectivity index (χ2n) is 17.2. The van der Waals surface area contributed by atoms with Gasteiger partial charge in [0.2, 0.25) is 17.5 Å². The molecule has 2 atom stereocenters. The summed E-state index contributed by atoms with van der Waals surface area (Å²) in [6.45, 7) is 16.0. The van der Waals surface area contributed by atoms with Crippen LogP contribution in [0.5, 0.6) is 0 Å². The van der Waals surface area contributed by atoms with E-state index in [4.69, 9.17) is 18.2 Å². The molecule has 13 nitrogen and oxygen atoms in total. The van der Waals surface area contributed by atoms with Crippen LogP contribution in [0, 0.1) is 29.5 Å². The van der Waals surface area contributed by atoms with E-state index in [1.165, 1.54) is 12.1 Å². The van der Waals surface area contributed by atoms with Gasteiger partial charge in [-0.25, -0.2) is 13.6 Å². The van der Waals surface area contributed by atoms with Crippen LogP contribution in [0.15, 0.2) is 48.5 Å². The number of piperidine rings is 2. The Morgan fingerprint density at radius 3 is 2.25 bits per heavy atom. The third-order valence-corrected chi connectivity index (χ3v) is 13.8. The highest BCUT2D eigenvalue weighted by Gasteiger charge is 2.47. The summed E-state index contributed by atoms with van der Waals surface area (Å²) in [5, 5.41) is 2.63. The lowest BCUT2D eigenvalue weighted by atomic mass is 9.76. The molecule has 0 bridgehead atoms. The topological polar surface area (TPSA) is 121 Å². The van der Waals surface area contributed by atoms with Gasteiger partial charge in [0.15, 0.2) is 0 Å². The lowest BCUT2D eigenvalue weighted by Gasteiger charge is -2.45. The fraction of sp³-hybridized carbons (Fsp3) is 0.455. The van der Waals surface area contributed by atoms with Gasteiger partial charge in [-0.15, -0.1) is 0 Å². The van der Waals surface area contributed by atoms with Crippen LogP contribution in [-0.2, 0) is 9.59 Å². The third-order valence-electron chi connectivity index (χ3n) is 13.5. The van der Waals surface area contributed by atoms with Crippen LogP contribution in [0.3, 0.4) is 0 Å². The van der Waals surface area contributed by atoms with Crippen LogP contribution in [-0.4, -0.2) is 122 Å². The molecule has 3 aromatic rings. The number of nitrogens with zero attached hydrogens (tertiary/aromatic N) is 7. The zero-order valence-corrected chi connectivity index (χ0v) is 34.0. The number of carbonyl (C=O) groups is 5. The molecule has 0 aliphatic carbocycles. The van der Waals surface area contributed by atoms with Crippen LogP contribution >= 0.6 is 11.6 Å². The summed E-state index contributed by atoms with van der Waals surface area (Å²) in [6.07, 6.45) is 3.00. The second-order valence-corrected chi connectivity index (χ2v) is 17.6. The predicted octanol–water partition coefficient (Wildman–Crippen LogP) is 5.35. The van der Waals surface area contributed by atoms with E-state index in [1.54, 1.807) is 17.0 Å². The summed E-state index contributed by atoms with van der Waals surface area (Å²) < 4.78 is 30.9. The number of anilines is 3. The lowest BCUT2D eigenvalue weighted by molar-refractivity contribution is -0.136. The molecule has 6 aliphatic heterocycles. The highest BCUT2D eigenvalue weighted by Crippen LogP contribution is 2.46. The molecule has 0 saturated carbocycles. The van der Waals surface area contributed by atoms with Crippen molar-refractivity contribution in [3.05, 3.63) is 93.3 Å². The number of hydrogen-bond donors (Lipinski definition) is 1. The number of fused-ring (bicyclic) bond motifs is 1. The van der Waals surface area contributed by atoms with Crippen molar-refractivity contribution in [1.82, 2.24) is 20.0 Å². The van der Waals surface area contributed by atoms with E-state index in [0.29, 0.717) is 56.0 Å². The van der Waals surface area contributed by atoms with Gasteiger partial charge in [-0.3, -0.25) is 39.1 Å². The van der Waals surface area contributed by atoms with Crippen molar-refractivity contribution < 1.29 is 32.8 Å². The van der Waals surface area contributed by atoms with Crippen LogP contribution in [0.4, 0.5) is 31.5 Å². The number of piperazine rings is 1. The van der Waals surface area contributed by atoms with E-state index in [9.17, 15) is 24.0 Å². The first-order valence-electron chi connectivity index (χ1n) is 20.6. The fourth-order valence-electron chi connectivity index (χ4n) is 10.2. The summed E-state index contributed by atoms with van der Waals surface area (Å²) in [6, 6.07) is 12.2. The maximum absolute atomic E-state index is 15.6. The number of amides is 5. The number of hydrogen-bond acceptors (Lipinski definition) is 9. The van der Waals surface area contributed by atoms with Gasteiger partial charge in [0.05, 0.1) is 28.9 Å². The number of carbonyl (C=O) groups excluding carboxylic acids is 5. The van der Waals surface area contributed by atoms with E-state index < -0.39 is 41.3 Å². The molecular weight excluding hydrogens is 794 g/mol.